The molecule has 15 heavy (non-hydrogen) atoms. The molecule has 1 heterocycles. The monoisotopic (exact) mass is 205 g/mol. The molecule has 1 aliphatic rings. The Balaban J connectivity index is 2.28. The van der Waals surface area contributed by atoms with Crippen LogP contribution in [0.15, 0.2) is 35.3 Å². The molecular formula is C10H15N5. The van der Waals surface area contributed by atoms with Crippen molar-refractivity contribution in [1.29, 1.82) is 0 Å². The largest absolute Gasteiger partial charge is 0.342 e. The van der Waals surface area contributed by atoms with Crippen LogP contribution in [0.3, 0.4) is 0 Å². The minimum absolute atomic E-state index is 0.298. The van der Waals surface area contributed by atoms with E-state index >= 15 is 0 Å². The summed E-state index contributed by atoms with van der Waals surface area (Å²) >= 11 is 0. The van der Waals surface area contributed by atoms with Crippen LogP contribution in [0.2, 0.25) is 0 Å². The van der Waals surface area contributed by atoms with Gasteiger partial charge in [-0.3, -0.25) is 11.5 Å². The number of nitrogens with zero attached hydrogens (tertiary/aromatic N) is 2. The van der Waals surface area contributed by atoms with E-state index in [4.69, 9.17) is 11.5 Å². The number of amidine groups is 1. The van der Waals surface area contributed by atoms with E-state index in [2.05, 4.69) is 10.3 Å². The molecule has 0 spiro atoms. The fourth-order valence-corrected chi connectivity index (χ4v) is 1.42. The number of nitrogens with two attached hydrogens (primary N) is 2. The van der Waals surface area contributed by atoms with Crippen molar-refractivity contribution in [3.63, 3.8) is 0 Å². The topological polar surface area (TPSA) is 79.7 Å². The van der Waals surface area contributed by atoms with E-state index in [-0.39, 0.29) is 6.29 Å². The summed E-state index contributed by atoms with van der Waals surface area (Å²) in [6, 6.07) is 9.80. The van der Waals surface area contributed by atoms with Gasteiger partial charge in [-0.15, -0.1) is 0 Å². The van der Waals surface area contributed by atoms with Crippen molar-refractivity contribution < 1.29 is 0 Å². The van der Waals surface area contributed by atoms with Crippen LogP contribution in [0.4, 0.5) is 0 Å². The first kappa shape index (κ1) is 10.1. The van der Waals surface area contributed by atoms with Gasteiger partial charge in [-0.1, -0.05) is 30.3 Å². The Morgan fingerprint density at radius 1 is 1.27 bits per heavy atom. The van der Waals surface area contributed by atoms with Gasteiger partial charge in [-0.2, -0.15) is 0 Å². The molecule has 0 amide bonds. The average molecular weight is 205 g/mol. The summed E-state index contributed by atoms with van der Waals surface area (Å²) < 4.78 is 0. The van der Waals surface area contributed by atoms with Crippen molar-refractivity contribution in [3.8, 4) is 0 Å². The van der Waals surface area contributed by atoms with E-state index in [0.29, 0.717) is 0 Å². The number of rotatable bonds is 1. The smallest absolute Gasteiger partial charge is 0.158 e. The molecule has 1 aromatic rings. The van der Waals surface area contributed by atoms with Gasteiger partial charge < -0.3 is 5.32 Å². The van der Waals surface area contributed by atoms with Gasteiger partial charge in [0.25, 0.3) is 0 Å². The van der Waals surface area contributed by atoms with Gasteiger partial charge in [0, 0.05) is 5.56 Å². The molecule has 0 fully saturated rings. The standard InChI is InChI=1S/C10H15N5/c1-15-9(11)13-8(14-10(15)12)7-5-3-2-4-6-7/h2-6,9-10H,11-12H2,1H3,(H,13,14). The van der Waals surface area contributed by atoms with Gasteiger partial charge in [0.2, 0.25) is 0 Å². The van der Waals surface area contributed by atoms with Gasteiger partial charge in [-0.25, -0.2) is 9.89 Å². The number of benzene rings is 1. The lowest BCUT2D eigenvalue weighted by atomic mass is 10.2. The minimum atomic E-state index is -0.392. The second-order valence-corrected chi connectivity index (χ2v) is 3.51. The Hall–Kier alpha value is -1.43. The quantitative estimate of drug-likeness (QED) is 0.575. The van der Waals surface area contributed by atoms with Crippen molar-refractivity contribution >= 4 is 5.84 Å². The lowest BCUT2D eigenvalue weighted by Crippen LogP contribution is -2.61. The molecule has 2 unspecified atom stereocenters. The van der Waals surface area contributed by atoms with Crippen LogP contribution in [-0.2, 0) is 0 Å². The summed E-state index contributed by atoms with van der Waals surface area (Å²) in [6.07, 6.45) is -0.691. The average Bonchev–Trinajstić information content (AvgIpc) is 2.26. The Morgan fingerprint density at radius 2 is 1.93 bits per heavy atom. The Morgan fingerprint density at radius 3 is 2.53 bits per heavy atom. The van der Waals surface area contributed by atoms with Crippen LogP contribution in [0.1, 0.15) is 5.56 Å². The highest BCUT2D eigenvalue weighted by atomic mass is 15.5. The van der Waals surface area contributed by atoms with Crippen LogP contribution >= 0.6 is 0 Å². The second kappa shape index (κ2) is 3.98. The first-order valence-electron chi connectivity index (χ1n) is 4.81. The first-order chi connectivity index (χ1) is 7.18. The molecule has 1 aliphatic heterocycles. The normalized spacial score (nSPS) is 27.0. The fraction of sp³-hybridized carbons (Fsp3) is 0.300. The van der Waals surface area contributed by atoms with Crippen molar-refractivity contribution in [2.45, 2.75) is 12.6 Å². The molecule has 5 N–H and O–H groups in total. The second-order valence-electron chi connectivity index (χ2n) is 3.51. The predicted octanol–water partition coefficient (Wildman–Crippen LogP) is -0.547. The summed E-state index contributed by atoms with van der Waals surface area (Å²) in [5, 5.41) is 3.09. The van der Waals surface area contributed by atoms with Crippen LogP contribution < -0.4 is 16.8 Å². The summed E-state index contributed by atoms with van der Waals surface area (Å²) in [6.45, 7) is 0. The molecule has 2 rings (SSSR count). The Bertz CT molecular complexity index is 361. The molecule has 0 aliphatic carbocycles. The summed E-state index contributed by atoms with van der Waals surface area (Å²) in [5.74, 6) is 0.744. The third-order valence-electron chi connectivity index (χ3n) is 2.45. The predicted molar refractivity (Wildman–Crippen MR) is 59.8 cm³/mol. The van der Waals surface area contributed by atoms with E-state index in [0.717, 1.165) is 11.4 Å². The molecule has 1 aromatic carbocycles. The molecule has 80 valence electrons. The van der Waals surface area contributed by atoms with E-state index < -0.39 is 6.29 Å². The maximum absolute atomic E-state index is 5.85. The zero-order valence-electron chi connectivity index (χ0n) is 8.59. The SMILES string of the molecule is CN1C(N)N=C(c2ccccc2)NC1N. The summed E-state index contributed by atoms with van der Waals surface area (Å²) in [4.78, 5) is 6.07. The first-order valence-corrected chi connectivity index (χ1v) is 4.81. The maximum atomic E-state index is 5.85. The molecule has 0 saturated carbocycles. The van der Waals surface area contributed by atoms with E-state index in [1.807, 2.05) is 37.4 Å². The molecule has 0 aromatic heterocycles. The van der Waals surface area contributed by atoms with Gasteiger partial charge >= 0.3 is 0 Å². The zero-order chi connectivity index (χ0) is 10.8. The number of hydrogen-bond acceptors (Lipinski definition) is 5. The molecule has 5 nitrogen and oxygen atoms in total. The molecule has 2 atom stereocenters. The van der Waals surface area contributed by atoms with Gasteiger partial charge in [0.15, 0.2) is 6.29 Å². The lowest BCUT2D eigenvalue weighted by Gasteiger charge is -2.34. The van der Waals surface area contributed by atoms with Crippen molar-refractivity contribution in [2.24, 2.45) is 16.5 Å². The van der Waals surface area contributed by atoms with Crippen molar-refractivity contribution in [3.05, 3.63) is 35.9 Å². The van der Waals surface area contributed by atoms with Crippen LogP contribution in [0.25, 0.3) is 0 Å². The third-order valence-corrected chi connectivity index (χ3v) is 2.45. The third kappa shape index (κ3) is 1.99. The number of hydrogen-bond donors (Lipinski definition) is 3. The van der Waals surface area contributed by atoms with Crippen molar-refractivity contribution in [2.75, 3.05) is 7.05 Å². The lowest BCUT2D eigenvalue weighted by molar-refractivity contribution is 0.159. The highest BCUT2D eigenvalue weighted by Crippen LogP contribution is 2.06. The van der Waals surface area contributed by atoms with Crippen LogP contribution in [-0.4, -0.2) is 30.4 Å². The van der Waals surface area contributed by atoms with E-state index in [1.54, 1.807) is 4.90 Å². The van der Waals surface area contributed by atoms with Crippen LogP contribution in [0.5, 0.6) is 0 Å². The molecule has 0 saturated heterocycles. The fourth-order valence-electron chi connectivity index (χ4n) is 1.42. The molecular weight excluding hydrogens is 190 g/mol. The highest BCUT2D eigenvalue weighted by molar-refractivity contribution is 5.99. The zero-order valence-corrected chi connectivity index (χ0v) is 8.59. The number of aliphatic imine (C=N–C) groups is 1. The highest BCUT2D eigenvalue weighted by Gasteiger charge is 2.23. The number of nitrogens with one attached hydrogen (secondary N) is 1. The molecule has 5 heteroatoms. The Kier molecular flexibility index (Phi) is 2.68. The van der Waals surface area contributed by atoms with Gasteiger partial charge in [-0.05, 0) is 7.05 Å². The van der Waals surface area contributed by atoms with Gasteiger partial charge in [0.05, 0.1) is 0 Å². The van der Waals surface area contributed by atoms with Crippen molar-refractivity contribution in [1.82, 2.24) is 10.2 Å². The summed E-state index contributed by atoms with van der Waals surface area (Å²) in [7, 11) is 1.83. The summed E-state index contributed by atoms with van der Waals surface area (Å²) in [5.41, 5.74) is 12.7. The Labute approximate surface area is 88.8 Å². The van der Waals surface area contributed by atoms with E-state index in [9.17, 15) is 0 Å². The van der Waals surface area contributed by atoms with Crippen LogP contribution in [0, 0.1) is 0 Å². The van der Waals surface area contributed by atoms with Gasteiger partial charge in [0.1, 0.15) is 12.1 Å². The minimum Gasteiger partial charge on any atom is -0.342 e. The van der Waals surface area contributed by atoms with E-state index in [1.165, 1.54) is 0 Å². The molecule has 0 bridgehead atoms. The molecule has 0 radical (unpaired) electrons. The maximum Gasteiger partial charge on any atom is 0.158 e.